The molecule has 0 aliphatic carbocycles. The molecule has 0 bridgehead atoms. The smallest absolute Gasteiger partial charge is 0.344 e. The van der Waals surface area contributed by atoms with Crippen molar-refractivity contribution in [3.8, 4) is 5.75 Å². The fourth-order valence-electron chi connectivity index (χ4n) is 2.90. The summed E-state index contributed by atoms with van der Waals surface area (Å²) in [5, 5.41) is 3.30. The third-order valence-corrected chi connectivity index (χ3v) is 4.29. The van der Waals surface area contributed by atoms with E-state index >= 15 is 0 Å². The number of rotatable bonds is 6. The van der Waals surface area contributed by atoms with E-state index in [1.165, 1.54) is 18.2 Å². The maximum atomic E-state index is 13.1. The summed E-state index contributed by atoms with van der Waals surface area (Å²) >= 11 is 0. The third-order valence-electron chi connectivity index (χ3n) is 4.29. The molecule has 0 saturated carbocycles. The second kappa shape index (κ2) is 7.45. The number of carbonyl (C=O) groups excluding carboxylic acids is 3. The predicted octanol–water partition coefficient (Wildman–Crippen LogP) is 2.09. The van der Waals surface area contributed by atoms with Crippen LogP contribution in [0.4, 0.5) is 9.18 Å². The molecular weight excluding hydrogens is 353 g/mol. The van der Waals surface area contributed by atoms with E-state index in [4.69, 9.17) is 4.74 Å². The van der Waals surface area contributed by atoms with Gasteiger partial charge in [0.15, 0.2) is 6.61 Å². The topological polar surface area (TPSA) is 87.7 Å². The molecule has 1 aliphatic rings. The van der Waals surface area contributed by atoms with Crippen molar-refractivity contribution in [2.24, 2.45) is 0 Å². The highest BCUT2D eigenvalue weighted by Crippen LogP contribution is 2.31. The summed E-state index contributed by atoms with van der Waals surface area (Å²) in [6.07, 6.45) is 0.313. The number of hydrazine groups is 1. The van der Waals surface area contributed by atoms with Gasteiger partial charge < -0.3 is 10.1 Å². The number of hydrogen-bond donors (Lipinski definition) is 2. The highest BCUT2D eigenvalue weighted by atomic mass is 19.1. The molecule has 2 N–H and O–H groups in total. The van der Waals surface area contributed by atoms with E-state index < -0.39 is 35.8 Å². The van der Waals surface area contributed by atoms with Gasteiger partial charge in [-0.3, -0.25) is 15.0 Å². The van der Waals surface area contributed by atoms with Crippen molar-refractivity contribution in [1.29, 1.82) is 0 Å². The third kappa shape index (κ3) is 3.59. The fraction of sp³-hybridized carbons (Fsp3) is 0.211. The Morgan fingerprint density at radius 1 is 1.19 bits per heavy atom. The normalized spacial score (nSPS) is 19.0. The van der Waals surface area contributed by atoms with Crippen LogP contribution < -0.4 is 15.5 Å². The lowest BCUT2D eigenvalue weighted by Crippen LogP contribution is -2.49. The number of imide groups is 1. The van der Waals surface area contributed by atoms with Gasteiger partial charge in [0, 0.05) is 6.07 Å². The van der Waals surface area contributed by atoms with Crippen molar-refractivity contribution in [3.05, 3.63) is 66.0 Å². The first-order chi connectivity index (χ1) is 13.0. The van der Waals surface area contributed by atoms with E-state index in [-0.39, 0.29) is 5.75 Å². The lowest BCUT2D eigenvalue weighted by Gasteiger charge is -2.25. The molecule has 140 valence electrons. The summed E-state index contributed by atoms with van der Waals surface area (Å²) in [6, 6.07) is 13.4. The summed E-state index contributed by atoms with van der Waals surface area (Å²) in [7, 11) is 0. The maximum absolute atomic E-state index is 13.1. The van der Waals surface area contributed by atoms with Gasteiger partial charge >= 0.3 is 6.03 Å². The van der Waals surface area contributed by atoms with Crippen LogP contribution in [0, 0.1) is 5.82 Å². The molecule has 0 radical (unpaired) electrons. The fourth-order valence-corrected chi connectivity index (χ4v) is 2.90. The van der Waals surface area contributed by atoms with Crippen LogP contribution in [0.5, 0.6) is 5.75 Å². The van der Waals surface area contributed by atoms with Crippen molar-refractivity contribution < 1.29 is 23.5 Å². The predicted molar refractivity (Wildman–Crippen MR) is 93.8 cm³/mol. The van der Waals surface area contributed by atoms with Gasteiger partial charge in [0.05, 0.1) is 0 Å². The lowest BCUT2D eigenvalue weighted by molar-refractivity contribution is -0.140. The Hall–Kier alpha value is -3.42. The number of hydrogen-bond acceptors (Lipinski definition) is 4. The first-order valence-electron chi connectivity index (χ1n) is 8.36. The van der Waals surface area contributed by atoms with Crippen LogP contribution >= 0.6 is 0 Å². The quantitative estimate of drug-likeness (QED) is 0.761. The molecule has 27 heavy (non-hydrogen) atoms. The summed E-state index contributed by atoms with van der Waals surface area (Å²) in [6.45, 7) is 1.29. The molecule has 7 nitrogen and oxygen atoms in total. The molecule has 1 saturated heterocycles. The van der Waals surface area contributed by atoms with E-state index in [9.17, 15) is 18.8 Å². The van der Waals surface area contributed by atoms with Crippen LogP contribution in [0.3, 0.4) is 0 Å². The van der Waals surface area contributed by atoms with E-state index in [0.29, 0.717) is 17.0 Å². The summed E-state index contributed by atoms with van der Waals surface area (Å²) in [5.74, 6) is -1.64. The summed E-state index contributed by atoms with van der Waals surface area (Å²) in [5.41, 5.74) is 1.62. The molecule has 1 atom stereocenters. The molecule has 8 heteroatoms. The van der Waals surface area contributed by atoms with Crippen LogP contribution in [0.2, 0.25) is 0 Å². The van der Waals surface area contributed by atoms with Crippen LogP contribution in [0.25, 0.3) is 0 Å². The second-order valence-corrected chi connectivity index (χ2v) is 5.98. The van der Waals surface area contributed by atoms with E-state index in [1.807, 2.05) is 0 Å². The molecule has 1 unspecified atom stereocenters. The Balaban J connectivity index is 1.69. The number of halogens is 1. The van der Waals surface area contributed by atoms with E-state index in [1.54, 1.807) is 37.3 Å². The Morgan fingerprint density at radius 2 is 1.93 bits per heavy atom. The van der Waals surface area contributed by atoms with Crippen molar-refractivity contribution in [2.75, 3.05) is 6.61 Å². The average molecular weight is 371 g/mol. The number of benzene rings is 2. The Morgan fingerprint density at radius 3 is 2.59 bits per heavy atom. The van der Waals surface area contributed by atoms with Crippen LogP contribution in [0.15, 0.2) is 54.6 Å². The molecule has 0 spiro atoms. The van der Waals surface area contributed by atoms with Crippen molar-refractivity contribution in [1.82, 2.24) is 15.8 Å². The molecule has 4 amide bonds. The molecule has 0 aromatic heterocycles. The Bertz CT molecular complexity index is 874. The zero-order chi connectivity index (χ0) is 19.4. The van der Waals surface area contributed by atoms with Crippen molar-refractivity contribution in [2.45, 2.75) is 18.9 Å². The van der Waals surface area contributed by atoms with Crippen molar-refractivity contribution in [3.63, 3.8) is 0 Å². The number of urea groups is 1. The van der Waals surface area contributed by atoms with Gasteiger partial charge in [-0.15, -0.1) is 0 Å². The number of amides is 4. The SMILES string of the molecule is CCC1(c2ccccc2)NC(=O)N(NC(=O)COc2cccc(F)c2)C1=O. The van der Waals surface area contributed by atoms with Gasteiger partial charge in [-0.1, -0.05) is 43.3 Å². The summed E-state index contributed by atoms with van der Waals surface area (Å²) in [4.78, 5) is 37.2. The van der Waals surface area contributed by atoms with Gasteiger partial charge in [0.1, 0.15) is 17.1 Å². The minimum absolute atomic E-state index is 0.162. The first kappa shape index (κ1) is 18.4. The Labute approximate surface area is 155 Å². The molecule has 1 heterocycles. The lowest BCUT2D eigenvalue weighted by atomic mass is 9.87. The molecule has 3 rings (SSSR count). The molecule has 1 aliphatic heterocycles. The van der Waals surface area contributed by atoms with Crippen LogP contribution in [-0.2, 0) is 15.1 Å². The van der Waals surface area contributed by atoms with Gasteiger partial charge in [-0.2, -0.15) is 5.01 Å². The zero-order valence-electron chi connectivity index (χ0n) is 14.6. The van der Waals surface area contributed by atoms with Gasteiger partial charge in [0.25, 0.3) is 11.8 Å². The van der Waals surface area contributed by atoms with Crippen LogP contribution in [-0.4, -0.2) is 29.5 Å². The van der Waals surface area contributed by atoms with Gasteiger partial charge in [0.2, 0.25) is 0 Å². The maximum Gasteiger partial charge on any atom is 0.344 e. The molecule has 1 fully saturated rings. The number of nitrogens with zero attached hydrogens (tertiary/aromatic N) is 1. The van der Waals surface area contributed by atoms with E-state index in [2.05, 4.69) is 10.7 Å². The highest BCUT2D eigenvalue weighted by Gasteiger charge is 2.52. The number of ether oxygens (including phenoxy) is 1. The van der Waals surface area contributed by atoms with Crippen molar-refractivity contribution >= 4 is 17.8 Å². The molecule has 2 aromatic carbocycles. The monoisotopic (exact) mass is 371 g/mol. The largest absolute Gasteiger partial charge is 0.484 e. The van der Waals surface area contributed by atoms with Gasteiger partial charge in [-0.05, 0) is 24.1 Å². The molecular formula is C19H18FN3O4. The standard InChI is InChI=1S/C19H18FN3O4/c1-2-19(13-7-4-3-5-8-13)17(25)23(18(26)21-19)22-16(24)12-27-15-10-6-9-14(20)11-15/h3-11H,2,12H2,1H3,(H,21,26)(H,22,24). The average Bonchev–Trinajstić information content (AvgIpc) is 2.92. The minimum Gasteiger partial charge on any atom is -0.484 e. The highest BCUT2D eigenvalue weighted by molar-refractivity contribution is 6.08. The number of carbonyl (C=O) groups is 3. The number of nitrogens with one attached hydrogen (secondary N) is 2. The first-order valence-corrected chi connectivity index (χ1v) is 8.36. The van der Waals surface area contributed by atoms with E-state index in [0.717, 1.165) is 6.07 Å². The summed E-state index contributed by atoms with van der Waals surface area (Å²) < 4.78 is 18.3. The minimum atomic E-state index is -1.24. The van der Waals surface area contributed by atoms with Crippen LogP contribution in [0.1, 0.15) is 18.9 Å². The second-order valence-electron chi connectivity index (χ2n) is 5.98. The molecule has 2 aromatic rings. The van der Waals surface area contributed by atoms with Gasteiger partial charge in [-0.25, -0.2) is 9.18 Å². The zero-order valence-corrected chi connectivity index (χ0v) is 14.6. The Kier molecular flexibility index (Phi) is 5.07.